The van der Waals surface area contributed by atoms with Crippen LogP contribution in [0, 0.1) is 5.95 Å². The van der Waals surface area contributed by atoms with Gasteiger partial charge < -0.3 is 20.7 Å². The van der Waals surface area contributed by atoms with Crippen molar-refractivity contribution >= 4 is 17.3 Å². The fourth-order valence-corrected chi connectivity index (χ4v) is 3.56. The van der Waals surface area contributed by atoms with Gasteiger partial charge in [0.15, 0.2) is 0 Å². The van der Waals surface area contributed by atoms with Crippen molar-refractivity contribution in [1.29, 1.82) is 0 Å². The number of carbonyl (C=O) groups excluding carboxylic acids is 1. The van der Waals surface area contributed by atoms with Crippen molar-refractivity contribution in [3.63, 3.8) is 0 Å². The largest absolute Gasteiger partial charge is 0.489 e. The molecule has 1 aromatic carbocycles. The summed E-state index contributed by atoms with van der Waals surface area (Å²) in [5.74, 6) is -0.401. The molecule has 1 amide bonds. The Morgan fingerprint density at radius 2 is 2.00 bits per heavy atom. The van der Waals surface area contributed by atoms with Crippen molar-refractivity contribution in [2.24, 2.45) is 4.99 Å². The summed E-state index contributed by atoms with van der Waals surface area (Å²) in [5.41, 5.74) is 7.57. The Morgan fingerprint density at radius 1 is 1.30 bits per heavy atom. The molecule has 1 aliphatic carbocycles. The van der Waals surface area contributed by atoms with E-state index in [4.69, 9.17) is 10.5 Å². The number of ether oxygens (including phenoxy) is 1. The number of nitrogens with zero attached hydrogens (tertiary/aromatic N) is 3. The Morgan fingerprint density at radius 3 is 2.55 bits per heavy atom. The molecule has 1 saturated carbocycles. The maximum Gasteiger partial charge on any atom is 0.270 e. The number of halogens is 3. The van der Waals surface area contributed by atoms with Crippen molar-refractivity contribution in [2.75, 3.05) is 40.3 Å². The van der Waals surface area contributed by atoms with Gasteiger partial charge in [0.2, 0.25) is 12.9 Å². The minimum Gasteiger partial charge on any atom is -0.489 e. The first-order chi connectivity index (χ1) is 15.8. The highest BCUT2D eigenvalue weighted by Gasteiger charge is 2.39. The van der Waals surface area contributed by atoms with Crippen LogP contribution >= 0.6 is 0 Å². The van der Waals surface area contributed by atoms with Gasteiger partial charge in [-0.05, 0) is 63.7 Å². The molecule has 1 heterocycles. The Bertz CT molecular complexity index is 965. The van der Waals surface area contributed by atoms with E-state index in [1.165, 1.54) is 6.20 Å². The highest BCUT2D eigenvalue weighted by molar-refractivity contribution is 6.46. The molecule has 0 aliphatic heterocycles. The van der Waals surface area contributed by atoms with Gasteiger partial charge in [0.05, 0.1) is 0 Å². The molecular formula is C23H30F3N5O2. The van der Waals surface area contributed by atoms with Gasteiger partial charge in [0.25, 0.3) is 5.91 Å². The molecule has 0 spiro atoms. The zero-order chi connectivity index (χ0) is 24.4. The van der Waals surface area contributed by atoms with Gasteiger partial charge in [-0.1, -0.05) is 0 Å². The van der Waals surface area contributed by atoms with Crippen LogP contribution in [0.5, 0.6) is 5.75 Å². The zero-order valence-corrected chi connectivity index (χ0v) is 19.1. The number of anilines is 1. The van der Waals surface area contributed by atoms with Crippen LogP contribution in [0.25, 0.3) is 0 Å². The third-order valence-corrected chi connectivity index (χ3v) is 5.76. The van der Waals surface area contributed by atoms with Crippen LogP contribution in [0.3, 0.4) is 0 Å². The van der Waals surface area contributed by atoms with E-state index in [1.807, 2.05) is 14.1 Å². The maximum atomic E-state index is 13.7. The molecule has 0 unspecified atom stereocenters. The number of likely N-dealkylation sites (N-methyl/N-ethyl adjacent to an activating group) is 1. The average Bonchev–Trinajstić information content (AvgIpc) is 2.75. The summed E-state index contributed by atoms with van der Waals surface area (Å²) in [4.78, 5) is 22.8. The number of rotatable bonds is 8. The molecule has 2 aromatic rings. The van der Waals surface area contributed by atoms with Crippen molar-refractivity contribution in [3.8, 4) is 5.75 Å². The Hall–Kier alpha value is -3.14. The lowest BCUT2D eigenvalue weighted by atomic mass is 9.75. The monoisotopic (exact) mass is 465 g/mol. The highest BCUT2D eigenvalue weighted by atomic mass is 19.3. The highest BCUT2D eigenvalue weighted by Crippen LogP contribution is 2.35. The number of carbonyl (C=O) groups is 1. The zero-order valence-electron chi connectivity index (χ0n) is 19.1. The lowest BCUT2D eigenvalue weighted by Gasteiger charge is -2.47. The first-order valence-electron chi connectivity index (χ1n) is 10.4. The van der Waals surface area contributed by atoms with E-state index < -0.39 is 12.9 Å². The quantitative estimate of drug-likeness (QED) is 0.355. The van der Waals surface area contributed by atoms with Gasteiger partial charge in [-0.15, -0.1) is 0 Å². The summed E-state index contributed by atoms with van der Waals surface area (Å²) in [6.45, 7) is -1.19. The second-order valence-electron chi connectivity index (χ2n) is 7.82. The first kappa shape index (κ1) is 26.1. The summed E-state index contributed by atoms with van der Waals surface area (Å²) >= 11 is 0. The number of pyridine rings is 1. The Labute approximate surface area is 191 Å². The molecule has 1 aromatic heterocycles. The van der Waals surface area contributed by atoms with E-state index in [1.54, 1.807) is 37.4 Å². The van der Waals surface area contributed by atoms with E-state index in [9.17, 15) is 18.0 Å². The number of nitrogen functional groups attached to an aromatic ring is 1. The van der Waals surface area contributed by atoms with Crippen LogP contribution in [0.2, 0.25) is 0 Å². The van der Waals surface area contributed by atoms with Crippen LogP contribution in [-0.4, -0.2) is 61.7 Å². The van der Waals surface area contributed by atoms with Gasteiger partial charge in [-0.25, -0.2) is 13.8 Å². The first-order valence-corrected chi connectivity index (χ1v) is 10.4. The molecule has 10 heteroatoms. The van der Waals surface area contributed by atoms with Gasteiger partial charge >= 0.3 is 0 Å². The second-order valence-corrected chi connectivity index (χ2v) is 7.82. The Balaban J connectivity index is 0.00000122. The Kier molecular flexibility index (Phi) is 9.65. The molecule has 180 valence electrons. The molecule has 0 radical (unpaired) electrons. The van der Waals surface area contributed by atoms with Crippen LogP contribution in [-0.2, 0) is 11.4 Å². The molecule has 7 nitrogen and oxygen atoms in total. The van der Waals surface area contributed by atoms with Gasteiger partial charge in [0.1, 0.15) is 18.1 Å². The van der Waals surface area contributed by atoms with E-state index in [2.05, 4.69) is 20.2 Å². The number of nitrogens with two attached hydrogens (primary N) is 1. The molecule has 3 N–H and O–H groups in total. The number of amides is 1. The van der Waals surface area contributed by atoms with Crippen LogP contribution in [0.15, 0.2) is 41.5 Å². The van der Waals surface area contributed by atoms with E-state index >= 15 is 0 Å². The average molecular weight is 466 g/mol. The number of alkyl halides is 2. The van der Waals surface area contributed by atoms with E-state index in [-0.39, 0.29) is 23.8 Å². The van der Waals surface area contributed by atoms with Crippen molar-refractivity contribution in [2.45, 2.75) is 31.4 Å². The molecule has 0 atom stereocenters. The third-order valence-electron chi connectivity index (χ3n) is 5.76. The molecule has 1 fully saturated rings. The molecule has 33 heavy (non-hydrogen) atoms. The number of aliphatic imine (C=N–C) groups is 1. The van der Waals surface area contributed by atoms with Crippen LogP contribution in [0.4, 0.5) is 18.9 Å². The topological polar surface area (TPSA) is 92.8 Å². The van der Waals surface area contributed by atoms with E-state index in [0.29, 0.717) is 29.1 Å². The third kappa shape index (κ3) is 6.67. The lowest BCUT2D eigenvalue weighted by Crippen LogP contribution is -2.57. The number of aromatic nitrogens is 1. The predicted molar refractivity (Wildman–Crippen MR) is 122 cm³/mol. The number of benzene rings is 1. The second kappa shape index (κ2) is 12.2. The van der Waals surface area contributed by atoms with Gasteiger partial charge in [-0.2, -0.15) is 4.39 Å². The van der Waals surface area contributed by atoms with Crippen molar-refractivity contribution in [1.82, 2.24) is 15.2 Å². The van der Waals surface area contributed by atoms with Crippen molar-refractivity contribution in [3.05, 3.63) is 53.6 Å². The van der Waals surface area contributed by atoms with Gasteiger partial charge in [0, 0.05) is 42.1 Å². The van der Waals surface area contributed by atoms with Crippen LogP contribution < -0.4 is 15.8 Å². The van der Waals surface area contributed by atoms with E-state index in [0.717, 1.165) is 19.3 Å². The minimum atomic E-state index is -1.75. The predicted octanol–water partition coefficient (Wildman–Crippen LogP) is 3.28. The normalized spacial score (nSPS) is 14.7. The fraction of sp³-hybridized carbons (Fsp3) is 0.435. The molecule has 0 bridgehead atoms. The molecular weight excluding hydrogens is 435 g/mol. The summed E-state index contributed by atoms with van der Waals surface area (Å²) in [6, 6.07) is 8.22. The molecule has 0 saturated heterocycles. The maximum absolute atomic E-state index is 13.7. The lowest BCUT2D eigenvalue weighted by molar-refractivity contribution is -0.115. The van der Waals surface area contributed by atoms with Crippen molar-refractivity contribution < 1.29 is 22.7 Å². The number of nitrogens with one attached hydrogen (secondary N) is 1. The standard InChI is InChI=1S/C22H28FN5O2.CH2F2/c1-25-19(21(29)27-14-22(28(2)3)9-5-10-22)17-12-16(7-8-18(17)24)30-13-15-6-4-11-26-20(15)23;2-1-3/h4,6-8,11-12H,5,9-10,13-14,24H2,1-3H3,(H,27,29);1H2. The summed E-state index contributed by atoms with van der Waals surface area (Å²) < 4.78 is 38.6. The minimum absolute atomic E-state index is 0.00118. The SMILES string of the molecule is CN=C(C(=O)NCC1(N(C)C)CCC1)c1cc(OCc2cccnc2F)ccc1N.FCF. The molecule has 1 aliphatic rings. The summed E-state index contributed by atoms with van der Waals surface area (Å²) in [6.07, 6.45) is 4.64. The summed E-state index contributed by atoms with van der Waals surface area (Å²) in [5, 5.41) is 3.00. The van der Waals surface area contributed by atoms with Crippen LogP contribution in [0.1, 0.15) is 30.4 Å². The fourth-order valence-electron chi connectivity index (χ4n) is 3.56. The smallest absolute Gasteiger partial charge is 0.270 e. The number of hydrogen-bond acceptors (Lipinski definition) is 6. The van der Waals surface area contributed by atoms with Gasteiger partial charge in [-0.3, -0.25) is 9.79 Å². The number of hydrogen-bond donors (Lipinski definition) is 2. The molecule has 3 rings (SSSR count). The summed E-state index contributed by atoms with van der Waals surface area (Å²) in [7, 11) is 5.62.